The lowest BCUT2D eigenvalue weighted by atomic mass is 10.3. The summed E-state index contributed by atoms with van der Waals surface area (Å²) in [6.45, 7) is -0.0733. The molecule has 0 radical (unpaired) electrons. The van der Waals surface area contributed by atoms with Crippen molar-refractivity contribution in [3.05, 3.63) is 51.5 Å². The van der Waals surface area contributed by atoms with Crippen molar-refractivity contribution in [1.82, 2.24) is 5.32 Å². The standard InChI is InChI=1S/C15H13Cl3N2O3/c1-22-14-5-3-10(17)7-12(14)20-15(21)19-8-23-13-4-2-9(16)6-11(13)18/h2-7H,8H2,1H3,(H2,19,20,21). The summed E-state index contributed by atoms with van der Waals surface area (Å²) in [7, 11) is 1.50. The van der Waals surface area contributed by atoms with Crippen LogP contribution in [0.3, 0.4) is 0 Å². The molecule has 8 heteroatoms. The van der Waals surface area contributed by atoms with E-state index in [0.717, 1.165) is 0 Å². The van der Waals surface area contributed by atoms with E-state index in [1.54, 1.807) is 36.4 Å². The third kappa shape index (κ3) is 5.10. The van der Waals surface area contributed by atoms with Crippen molar-refractivity contribution in [1.29, 1.82) is 0 Å². The SMILES string of the molecule is COc1ccc(Cl)cc1NC(=O)NCOc1ccc(Cl)cc1Cl. The molecular weight excluding hydrogens is 363 g/mol. The number of hydrogen-bond donors (Lipinski definition) is 2. The minimum atomic E-state index is -0.476. The Morgan fingerprint density at radius 3 is 2.35 bits per heavy atom. The number of hydrogen-bond acceptors (Lipinski definition) is 3. The van der Waals surface area contributed by atoms with E-state index < -0.39 is 6.03 Å². The van der Waals surface area contributed by atoms with Crippen LogP contribution in [0.2, 0.25) is 15.1 Å². The van der Waals surface area contributed by atoms with Crippen molar-refractivity contribution in [2.45, 2.75) is 0 Å². The molecule has 122 valence electrons. The predicted octanol–water partition coefficient (Wildman–Crippen LogP) is 4.81. The molecule has 0 aliphatic rings. The zero-order chi connectivity index (χ0) is 16.8. The average molecular weight is 376 g/mol. The highest BCUT2D eigenvalue weighted by Gasteiger charge is 2.08. The fraction of sp³-hybridized carbons (Fsp3) is 0.133. The maximum atomic E-state index is 11.9. The first kappa shape index (κ1) is 17.5. The Labute approximate surface area is 148 Å². The van der Waals surface area contributed by atoms with Crippen LogP contribution in [0.15, 0.2) is 36.4 Å². The highest BCUT2D eigenvalue weighted by molar-refractivity contribution is 6.35. The summed E-state index contributed by atoms with van der Waals surface area (Å²) < 4.78 is 10.5. The van der Waals surface area contributed by atoms with Gasteiger partial charge in [-0.2, -0.15) is 0 Å². The lowest BCUT2D eigenvalue weighted by Gasteiger charge is -2.12. The fourth-order valence-electron chi connectivity index (χ4n) is 1.72. The van der Waals surface area contributed by atoms with Crippen LogP contribution in [0, 0.1) is 0 Å². The van der Waals surface area contributed by atoms with Crippen LogP contribution in [-0.4, -0.2) is 19.9 Å². The maximum Gasteiger partial charge on any atom is 0.321 e. The van der Waals surface area contributed by atoms with Crippen LogP contribution in [0.1, 0.15) is 0 Å². The van der Waals surface area contributed by atoms with Gasteiger partial charge in [-0.05, 0) is 36.4 Å². The van der Waals surface area contributed by atoms with E-state index in [4.69, 9.17) is 44.3 Å². The van der Waals surface area contributed by atoms with E-state index in [1.807, 2.05) is 0 Å². The third-order valence-electron chi connectivity index (χ3n) is 2.76. The lowest BCUT2D eigenvalue weighted by Crippen LogP contribution is -2.32. The van der Waals surface area contributed by atoms with Gasteiger partial charge in [0.05, 0.1) is 17.8 Å². The number of amides is 2. The number of methoxy groups -OCH3 is 1. The number of urea groups is 1. The van der Waals surface area contributed by atoms with Gasteiger partial charge in [0.15, 0.2) is 6.73 Å². The molecule has 23 heavy (non-hydrogen) atoms. The highest BCUT2D eigenvalue weighted by Crippen LogP contribution is 2.28. The van der Waals surface area contributed by atoms with Crippen LogP contribution in [0.4, 0.5) is 10.5 Å². The first-order chi connectivity index (χ1) is 11.0. The number of benzene rings is 2. The van der Waals surface area contributed by atoms with Crippen molar-refractivity contribution in [3.63, 3.8) is 0 Å². The molecule has 0 fully saturated rings. The van der Waals surface area contributed by atoms with E-state index in [2.05, 4.69) is 10.6 Å². The number of anilines is 1. The van der Waals surface area contributed by atoms with Gasteiger partial charge in [0.1, 0.15) is 11.5 Å². The van der Waals surface area contributed by atoms with Crippen molar-refractivity contribution >= 4 is 46.5 Å². The van der Waals surface area contributed by atoms with Crippen LogP contribution in [0.25, 0.3) is 0 Å². The molecule has 2 amide bonds. The first-order valence-electron chi connectivity index (χ1n) is 6.46. The number of ether oxygens (including phenoxy) is 2. The normalized spacial score (nSPS) is 10.1. The number of halogens is 3. The second kappa shape index (κ2) is 8.15. The van der Waals surface area contributed by atoms with Crippen LogP contribution in [-0.2, 0) is 0 Å². The molecule has 0 unspecified atom stereocenters. The summed E-state index contributed by atoms with van der Waals surface area (Å²) in [6.07, 6.45) is 0. The van der Waals surface area contributed by atoms with E-state index in [0.29, 0.717) is 32.3 Å². The molecule has 2 aromatic rings. The van der Waals surface area contributed by atoms with E-state index in [1.165, 1.54) is 7.11 Å². The molecule has 0 saturated carbocycles. The molecule has 0 bridgehead atoms. The number of carbonyl (C=O) groups is 1. The molecule has 2 rings (SSSR count). The van der Waals surface area contributed by atoms with Gasteiger partial charge in [-0.15, -0.1) is 0 Å². The summed E-state index contributed by atoms with van der Waals surface area (Å²) in [4.78, 5) is 11.9. The van der Waals surface area contributed by atoms with Gasteiger partial charge >= 0.3 is 6.03 Å². The fourth-order valence-corrected chi connectivity index (χ4v) is 2.35. The summed E-state index contributed by atoms with van der Waals surface area (Å²) in [6, 6.07) is 9.23. The number of carbonyl (C=O) groups excluding carboxylic acids is 1. The molecule has 0 heterocycles. The third-order valence-corrected chi connectivity index (χ3v) is 3.53. The molecule has 0 spiro atoms. The quantitative estimate of drug-likeness (QED) is 0.737. The molecule has 5 nitrogen and oxygen atoms in total. The zero-order valence-corrected chi connectivity index (χ0v) is 14.3. The van der Waals surface area contributed by atoms with Crippen LogP contribution in [0.5, 0.6) is 11.5 Å². The first-order valence-corrected chi connectivity index (χ1v) is 7.59. The van der Waals surface area contributed by atoms with Gasteiger partial charge in [0.25, 0.3) is 0 Å². The van der Waals surface area contributed by atoms with Gasteiger partial charge in [-0.3, -0.25) is 0 Å². The van der Waals surface area contributed by atoms with E-state index >= 15 is 0 Å². The largest absolute Gasteiger partial charge is 0.495 e. The zero-order valence-electron chi connectivity index (χ0n) is 12.0. The van der Waals surface area contributed by atoms with Crippen molar-refractivity contribution in [2.24, 2.45) is 0 Å². The molecule has 0 aliphatic carbocycles. The maximum absolute atomic E-state index is 11.9. The van der Waals surface area contributed by atoms with Crippen LogP contribution < -0.4 is 20.1 Å². The number of rotatable bonds is 5. The van der Waals surface area contributed by atoms with Crippen molar-refractivity contribution in [2.75, 3.05) is 19.2 Å². The Bertz CT molecular complexity index is 710. The summed E-state index contributed by atoms with van der Waals surface area (Å²) in [5, 5.41) is 6.48. The Balaban J connectivity index is 1.89. The summed E-state index contributed by atoms with van der Waals surface area (Å²) >= 11 is 17.6. The minimum Gasteiger partial charge on any atom is -0.495 e. The van der Waals surface area contributed by atoms with Gasteiger partial charge in [0, 0.05) is 10.0 Å². The van der Waals surface area contributed by atoms with Gasteiger partial charge in [0.2, 0.25) is 0 Å². The summed E-state index contributed by atoms with van der Waals surface area (Å²) in [5.41, 5.74) is 0.446. The van der Waals surface area contributed by atoms with Gasteiger partial charge in [-0.1, -0.05) is 34.8 Å². The van der Waals surface area contributed by atoms with Crippen LogP contribution >= 0.6 is 34.8 Å². The second-order valence-corrected chi connectivity index (χ2v) is 5.62. The van der Waals surface area contributed by atoms with Crippen molar-refractivity contribution in [3.8, 4) is 11.5 Å². The average Bonchev–Trinajstić information content (AvgIpc) is 2.50. The molecule has 2 N–H and O–H groups in total. The molecule has 0 atom stereocenters. The Kier molecular flexibility index (Phi) is 6.21. The topological polar surface area (TPSA) is 59.6 Å². The van der Waals surface area contributed by atoms with E-state index in [-0.39, 0.29) is 6.73 Å². The molecule has 0 aliphatic heterocycles. The Morgan fingerprint density at radius 1 is 1.04 bits per heavy atom. The smallest absolute Gasteiger partial charge is 0.321 e. The predicted molar refractivity (Wildman–Crippen MR) is 92.1 cm³/mol. The number of nitrogens with one attached hydrogen (secondary N) is 2. The highest BCUT2D eigenvalue weighted by atomic mass is 35.5. The monoisotopic (exact) mass is 374 g/mol. The molecule has 2 aromatic carbocycles. The minimum absolute atomic E-state index is 0.0733. The lowest BCUT2D eigenvalue weighted by molar-refractivity contribution is 0.234. The summed E-state index contributed by atoms with van der Waals surface area (Å²) in [5.74, 6) is 0.905. The second-order valence-electron chi connectivity index (χ2n) is 4.34. The molecule has 0 aromatic heterocycles. The van der Waals surface area contributed by atoms with Crippen molar-refractivity contribution < 1.29 is 14.3 Å². The van der Waals surface area contributed by atoms with E-state index in [9.17, 15) is 4.79 Å². The Hall–Kier alpha value is -1.82. The van der Waals surface area contributed by atoms with Gasteiger partial charge < -0.3 is 20.1 Å². The molecule has 0 saturated heterocycles. The molecular formula is C15H13Cl3N2O3. The Morgan fingerprint density at radius 2 is 1.70 bits per heavy atom. The van der Waals surface area contributed by atoms with Gasteiger partial charge in [-0.25, -0.2) is 4.79 Å².